The van der Waals surface area contributed by atoms with Crippen molar-refractivity contribution in [2.45, 2.75) is 51.9 Å². The molecular weight excluding hydrogens is 386 g/mol. The molecular formula is C15H30O9P2. The van der Waals surface area contributed by atoms with E-state index >= 15 is 0 Å². The van der Waals surface area contributed by atoms with Crippen LogP contribution < -0.4 is 4.74 Å². The predicted molar refractivity (Wildman–Crippen MR) is 98.5 cm³/mol. The van der Waals surface area contributed by atoms with E-state index in [0.29, 0.717) is 0 Å². The summed E-state index contributed by atoms with van der Waals surface area (Å²) in [6.45, 7) is 3.12. The molecule has 9 nitrogen and oxygen atoms in total. The number of unbranched alkanes of at least 4 members (excludes halogenated alkanes) is 6. The number of hydrogen-bond acceptors (Lipinski definition) is 3. The second-order valence-electron chi connectivity index (χ2n) is 5.31. The van der Waals surface area contributed by atoms with Crippen molar-refractivity contribution >= 4 is 15.6 Å². The standard InChI is InChI=1S/C15H24O.2H3O4P/c1-2-3-4-5-6-7-11-14-16-15-12-9-8-10-13-15;2*1-5(2,3)4/h8-10,12-13H,2-7,11,14H2,1H3;2*(H3,1,2,3,4). The highest BCUT2D eigenvalue weighted by atomic mass is 31.2. The zero-order chi connectivity index (χ0) is 20.5. The first-order valence-electron chi connectivity index (χ1n) is 8.18. The fourth-order valence-corrected chi connectivity index (χ4v) is 1.77. The third kappa shape index (κ3) is 38.7. The van der Waals surface area contributed by atoms with Gasteiger partial charge < -0.3 is 34.1 Å². The van der Waals surface area contributed by atoms with Crippen molar-refractivity contribution in [1.29, 1.82) is 0 Å². The number of benzene rings is 1. The van der Waals surface area contributed by atoms with Gasteiger partial charge in [0.25, 0.3) is 0 Å². The van der Waals surface area contributed by atoms with Gasteiger partial charge in [-0.3, -0.25) is 0 Å². The molecule has 1 rings (SSSR count). The summed E-state index contributed by atoms with van der Waals surface area (Å²) < 4.78 is 23.4. The lowest BCUT2D eigenvalue weighted by Gasteiger charge is -2.05. The van der Waals surface area contributed by atoms with Crippen LogP contribution in [0.3, 0.4) is 0 Å². The Kier molecular flexibility index (Phi) is 17.3. The number of para-hydroxylation sites is 1. The molecule has 0 atom stereocenters. The fraction of sp³-hybridized carbons (Fsp3) is 0.600. The van der Waals surface area contributed by atoms with E-state index in [4.69, 9.17) is 43.2 Å². The summed E-state index contributed by atoms with van der Waals surface area (Å²) in [5, 5.41) is 0. The molecule has 11 heteroatoms. The first-order chi connectivity index (χ1) is 11.9. The van der Waals surface area contributed by atoms with Crippen LogP contribution in [0.4, 0.5) is 0 Å². The molecule has 154 valence electrons. The van der Waals surface area contributed by atoms with E-state index in [1.165, 1.54) is 44.9 Å². The van der Waals surface area contributed by atoms with Crippen molar-refractivity contribution in [1.82, 2.24) is 0 Å². The summed E-state index contributed by atoms with van der Waals surface area (Å²) in [5.74, 6) is 0.994. The van der Waals surface area contributed by atoms with E-state index < -0.39 is 15.6 Å². The van der Waals surface area contributed by atoms with E-state index in [1.54, 1.807) is 0 Å². The maximum atomic E-state index is 8.88. The van der Waals surface area contributed by atoms with Gasteiger partial charge in [-0.1, -0.05) is 63.6 Å². The van der Waals surface area contributed by atoms with E-state index in [9.17, 15) is 0 Å². The van der Waals surface area contributed by atoms with Gasteiger partial charge in [-0.15, -0.1) is 0 Å². The second kappa shape index (κ2) is 16.4. The lowest BCUT2D eigenvalue weighted by Crippen LogP contribution is -1.96. The largest absolute Gasteiger partial charge is 0.494 e. The van der Waals surface area contributed by atoms with E-state index in [2.05, 4.69) is 6.92 Å². The average Bonchev–Trinajstić information content (AvgIpc) is 2.48. The molecule has 0 aliphatic rings. The minimum Gasteiger partial charge on any atom is -0.494 e. The highest BCUT2D eigenvalue weighted by Gasteiger charge is 2.00. The summed E-state index contributed by atoms with van der Waals surface area (Å²) in [4.78, 5) is 43.1. The van der Waals surface area contributed by atoms with Crippen LogP contribution in [0.15, 0.2) is 30.3 Å². The van der Waals surface area contributed by atoms with Crippen LogP contribution in [0.5, 0.6) is 5.75 Å². The molecule has 0 amide bonds. The Morgan fingerprint density at radius 1 is 0.731 bits per heavy atom. The molecule has 0 radical (unpaired) electrons. The van der Waals surface area contributed by atoms with Crippen molar-refractivity contribution in [3.63, 3.8) is 0 Å². The molecule has 6 N–H and O–H groups in total. The quantitative estimate of drug-likeness (QED) is 0.262. The van der Waals surface area contributed by atoms with Gasteiger partial charge in [0.1, 0.15) is 5.75 Å². The molecule has 1 aromatic rings. The molecule has 0 aliphatic carbocycles. The minimum absolute atomic E-state index is 0.859. The van der Waals surface area contributed by atoms with Gasteiger partial charge in [0, 0.05) is 0 Å². The molecule has 0 unspecified atom stereocenters. The first kappa shape index (κ1) is 27.5. The van der Waals surface area contributed by atoms with Crippen LogP contribution in [0.1, 0.15) is 51.9 Å². The van der Waals surface area contributed by atoms with Crippen LogP contribution >= 0.6 is 15.6 Å². The lowest BCUT2D eigenvalue weighted by atomic mass is 10.1. The van der Waals surface area contributed by atoms with E-state index in [-0.39, 0.29) is 0 Å². The number of phosphoric acid groups is 2. The van der Waals surface area contributed by atoms with E-state index in [1.807, 2.05) is 30.3 Å². The van der Waals surface area contributed by atoms with Gasteiger partial charge in [0.05, 0.1) is 6.61 Å². The minimum atomic E-state index is -4.64. The molecule has 0 spiro atoms. The van der Waals surface area contributed by atoms with Crippen LogP contribution in [-0.2, 0) is 9.13 Å². The Bertz CT molecular complexity index is 477. The Labute approximate surface area is 154 Å². The Morgan fingerprint density at radius 2 is 1.12 bits per heavy atom. The van der Waals surface area contributed by atoms with Crippen LogP contribution in [-0.4, -0.2) is 36.0 Å². The maximum absolute atomic E-state index is 8.88. The lowest BCUT2D eigenvalue weighted by molar-refractivity contribution is 0.272. The number of ether oxygens (including phenoxy) is 1. The van der Waals surface area contributed by atoms with E-state index in [0.717, 1.165) is 12.4 Å². The molecule has 0 heterocycles. The van der Waals surface area contributed by atoms with Gasteiger partial charge in [-0.25, -0.2) is 9.13 Å². The molecule has 0 aliphatic heterocycles. The molecule has 0 bridgehead atoms. The Morgan fingerprint density at radius 3 is 1.54 bits per heavy atom. The second-order valence-corrected chi connectivity index (χ2v) is 7.36. The number of rotatable bonds is 9. The van der Waals surface area contributed by atoms with Crippen molar-refractivity contribution in [2.75, 3.05) is 6.61 Å². The predicted octanol–water partition coefficient (Wildman–Crippen LogP) is 2.96. The normalized spacial score (nSPS) is 10.9. The average molecular weight is 416 g/mol. The monoisotopic (exact) mass is 416 g/mol. The van der Waals surface area contributed by atoms with Crippen LogP contribution in [0, 0.1) is 0 Å². The van der Waals surface area contributed by atoms with Crippen molar-refractivity contribution in [3.05, 3.63) is 30.3 Å². The third-order valence-corrected chi connectivity index (χ3v) is 2.76. The smallest absolute Gasteiger partial charge is 0.466 e. The topological polar surface area (TPSA) is 165 Å². The molecule has 1 aromatic carbocycles. The Balaban J connectivity index is 0. The summed E-state index contributed by atoms with van der Waals surface area (Å²) in [6.07, 6.45) is 9.35. The molecule has 0 saturated carbocycles. The number of hydrogen-bond donors (Lipinski definition) is 6. The Hall–Kier alpha value is -0.760. The zero-order valence-electron chi connectivity index (χ0n) is 14.8. The first-order valence-corrected chi connectivity index (χ1v) is 11.3. The zero-order valence-corrected chi connectivity index (χ0v) is 16.6. The SMILES string of the molecule is CCCCCCCCCOc1ccccc1.O=P(O)(O)O.O=P(O)(O)O. The van der Waals surface area contributed by atoms with Crippen molar-refractivity contribution in [3.8, 4) is 5.75 Å². The van der Waals surface area contributed by atoms with Gasteiger partial charge in [0.2, 0.25) is 0 Å². The summed E-state index contributed by atoms with van der Waals surface area (Å²) in [6, 6.07) is 10.1. The van der Waals surface area contributed by atoms with Gasteiger partial charge >= 0.3 is 15.6 Å². The highest BCUT2D eigenvalue weighted by Crippen LogP contribution is 2.26. The highest BCUT2D eigenvalue weighted by molar-refractivity contribution is 7.45. The van der Waals surface area contributed by atoms with Crippen LogP contribution in [0.2, 0.25) is 0 Å². The van der Waals surface area contributed by atoms with Crippen molar-refractivity contribution in [2.24, 2.45) is 0 Å². The van der Waals surface area contributed by atoms with Gasteiger partial charge in [-0.05, 0) is 18.6 Å². The molecule has 0 aromatic heterocycles. The summed E-state index contributed by atoms with van der Waals surface area (Å²) >= 11 is 0. The van der Waals surface area contributed by atoms with Gasteiger partial charge in [-0.2, -0.15) is 0 Å². The third-order valence-electron chi connectivity index (χ3n) is 2.76. The molecule has 26 heavy (non-hydrogen) atoms. The summed E-state index contributed by atoms with van der Waals surface area (Å²) in [7, 11) is -9.28. The van der Waals surface area contributed by atoms with Crippen LogP contribution in [0.25, 0.3) is 0 Å². The molecule has 0 fully saturated rings. The maximum Gasteiger partial charge on any atom is 0.466 e. The van der Waals surface area contributed by atoms with Crippen molar-refractivity contribution < 1.29 is 43.2 Å². The summed E-state index contributed by atoms with van der Waals surface area (Å²) in [5.41, 5.74) is 0. The fourth-order valence-electron chi connectivity index (χ4n) is 1.77. The molecule has 0 saturated heterocycles. The van der Waals surface area contributed by atoms with Gasteiger partial charge in [0.15, 0.2) is 0 Å².